The van der Waals surface area contributed by atoms with Gasteiger partial charge in [-0.3, -0.25) is 4.79 Å². The van der Waals surface area contributed by atoms with Gasteiger partial charge in [-0.2, -0.15) is 13.2 Å². The molecule has 22 heavy (non-hydrogen) atoms. The molecule has 0 aromatic heterocycles. The molecule has 1 fully saturated rings. The molecule has 0 N–H and O–H groups in total. The Balaban J connectivity index is 2.19. The number of anilines is 1. The van der Waals surface area contributed by atoms with Crippen molar-refractivity contribution >= 4 is 11.6 Å². The van der Waals surface area contributed by atoms with E-state index >= 15 is 0 Å². The first kappa shape index (κ1) is 16.8. The molecule has 0 aliphatic carbocycles. The molecular formula is C16H20F3NO2. The first-order valence-electron chi connectivity index (χ1n) is 7.45. The molecule has 0 unspecified atom stereocenters. The summed E-state index contributed by atoms with van der Waals surface area (Å²) in [6, 6.07) is 8.03. The van der Waals surface area contributed by atoms with Crippen LogP contribution in [0.2, 0.25) is 0 Å². The number of hydrogen-bond donors (Lipinski definition) is 0. The molecule has 0 spiro atoms. The lowest BCUT2D eigenvalue weighted by Gasteiger charge is -2.33. The van der Waals surface area contributed by atoms with E-state index < -0.39 is 24.5 Å². The van der Waals surface area contributed by atoms with E-state index in [-0.39, 0.29) is 11.8 Å². The fourth-order valence-corrected chi connectivity index (χ4v) is 2.69. The number of halogens is 3. The van der Waals surface area contributed by atoms with Gasteiger partial charge in [0, 0.05) is 18.2 Å². The molecule has 2 atom stereocenters. The fraction of sp³-hybridized carbons (Fsp3) is 0.562. The normalized spacial score (nSPS) is 22.4. The summed E-state index contributed by atoms with van der Waals surface area (Å²) in [4.78, 5) is 13.5. The molecule has 3 nitrogen and oxygen atoms in total. The number of ether oxygens (including phenoxy) is 1. The summed E-state index contributed by atoms with van der Waals surface area (Å²) >= 11 is 0. The molecule has 1 aliphatic rings. The molecule has 1 aromatic carbocycles. The van der Waals surface area contributed by atoms with Gasteiger partial charge >= 0.3 is 6.18 Å². The Morgan fingerprint density at radius 2 is 2.00 bits per heavy atom. The number of rotatable bonds is 4. The third kappa shape index (κ3) is 4.47. The van der Waals surface area contributed by atoms with E-state index in [1.807, 2.05) is 6.92 Å². The number of alkyl halides is 3. The van der Waals surface area contributed by atoms with Crippen LogP contribution in [0.5, 0.6) is 0 Å². The topological polar surface area (TPSA) is 29.5 Å². The van der Waals surface area contributed by atoms with Crippen molar-refractivity contribution in [3.05, 3.63) is 30.3 Å². The van der Waals surface area contributed by atoms with Crippen LogP contribution in [0.25, 0.3) is 0 Å². The zero-order valence-corrected chi connectivity index (χ0v) is 12.5. The zero-order chi connectivity index (χ0) is 16.2. The van der Waals surface area contributed by atoms with Crippen molar-refractivity contribution in [2.24, 2.45) is 5.92 Å². The van der Waals surface area contributed by atoms with Crippen LogP contribution in [0.1, 0.15) is 26.2 Å². The highest BCUT2D eigenvalue weighted by Gasteiger charge is 2.37. The van der Waals surface area contributed by atoms with Crippen molar-refractivity contribution in [2.75, 3.05) is 18.1 Å². The Morgan fingerprint density at radius 1 is 1.32 bits per heavy atom. The van der Waals surface area contributed by atoms with Crippen molar-refractivity contribution in [3.63, 3.8) is 0 Å². The van der Waals surface area contributed by atoms with Gasteiger partial charge in [0.1, 0.15) is 6.54 Å². The van der Waals surface area contributed by atoms with Crippen LogP contribution in [-0.2, 0) is 9.53 Å². The molecule has 122 valence electrons. The van der Waals surface area contributed by atoms with Gasteiger partial charge in [-0.25, -0.2) is 0 Å². The number of carbonyl (C=O) groups is 1. The number of nitrogens with zero attached hydrogens (tertiary/aromatic N) is 1. The highest BCUT2D eigenvalue weighted by Crippen LogP contribution is 2.29. The first-order valence-corrected chi connectivity index (χ1v) is 7.45. The number of benzene rings is 1. The lowest BCUT2D eigenvalue weighted by atomic mass is 9.92. The highest BCUT2D eigenvalue weighted by atomic mass is 19.4. The van der Waals surface area contributed by atoms with Crippen molar-refractivity contribution in [1.82, 2.24) is 0 Å². The third-order valence-corrected chi connectivity index (χ3v) is 3.84. The number of carbonyl (C=O) groups excluding carboxylic acids is 1. The van der Waals surface area contributed by atoms with Crippen LogP contribution in [0.4, 0.5) is 18.9 Å². The van der Waals surface area contributed by atoms with Gasteiger partial charge < -0.3 is 9.64 Å². The lowest BCUT2D eigenvalue weighted by molar-refractivity contribution is -0.138. The van der Waals surface area contributed by atoms with E-state index in [0.717, 1.165) is 11.3 Å². The van der Waals surface area contributed by atoms with Gasteiger partial charge in [0.2, 0.25) is 5.91 Å². The minimum absolute atomic E-state index is 0.0498. The average molecular weight is 315 g/mol. The largest absolute Gasteiger partial charge is 0.406 e. The van der Waals surface area contributed by atoms with E-state index in [1.165, 1.54) is 12.1 Å². The van der Waals surface area contributed by atoms with Crippen molar-refractivity contribution < 1.29 is 22.7 Å². The minimum atomic E-state index is -4.43. The molecular weight excluding hydrogens is 295 g/mol. The molecule has 6 heteroatoms. The second-order valence-corrected chi connectivity index (χ2v) is 5.50. The van der Waals surface area contributed by atoms with Gasteiger partial charge in [-0.15, -0.1) is 0 Å². The summed E-state index contributed by atoms with van der Waals surface area (Å²) in [7, 11) is 0. The maximum Gasteiger partial charge on any atom is 0.406 e. The van der Waals surface area contributed by atoms with Crippen LogP contribution in [0.15, 0.2) is 30.3 Å². The number of amides is 1. The van der Waals surface area contributed by atoms with Crippen LogP contribution in [0, 0.1) is 5.92 Å². The fourth-order valence-electron chi connectivity index (χ4n) is 2.69. The summed E-state index contributed by atoms with van der Waals surface area (Å²) in [5.74, 6) is -0.883. The molecule has 1 heterocycles. The van der Waals surface area contributed by atoms with E-state index in [2.05, 4.69) is 0 Å². The van der Waals surface area contributed by atoms with E-state index in [4.69, 9.17) is 4.74 Å². The monoisotopic (exact) mass is 315 g/mol. The highest BCUT2D eigenvalue weighted by molar-refractivity contribution is 5.95. The van der Waals surface area contributed by atoms with Gasteiger partial charge in [0.25, 0.3) is 0 Å². The SMILES string of the molecule is CC[C@@H]1C[C@H](C(=O)N(CC(F)(F)F)c2ccccc2)CCO1. The predicted octanol–water partition coefficient (Wildman–Crippen LogP) is 3.79. The maximum atomic E-state index is 12.8. The predicted molar refractivity (Wildman–Crippen MR) is 77.6 cm³/mol. The van der Waals surface area contributed by atoms with Crippen LogP contribution < -0.4 is 4.90 Å². The van der Waals surface area contributed by atoms with Crippen LogP contribution >= 0.6 is 0 Å². The molecule has 0 bridgehead atoms. The molecule has 1 saturated heterocycles. The molecule has 1 aliphatic heterocycles. The Hall–Kier alpha value is -1.56. The summed E-state index contributed by atoms with van der Waals surface area (Å²) in [5, 5.41) is 0. The Kier molecular flexibility index (Phi) is 5.45. The van der Waals surface area contributed by atoms with E-state index in [9.17, 15) is 18.0 Å². The third-order valence-electron chi connectivity index (χ3n) is 3.84. The quantitative estimate of drug-likeness (QED) is 0.846. The van der Waals surface area contributed by atoms with E-state index in [1.54, 1.807) is 18.2 Å². The minimum Gasteiger partial charge on any atom is -0.378 e. The Morgan fingerprint density at radius 3 is 2.59 bits per heavy atom. The van der Waals surface area contributed by atoms with Gasteiger partial charge in [-0.1, -0.05) is 25.1 Å². The lowest BCUT2D eigenvalue weighted by Crippen LogP contribution is -2.44. The van der Waals surface area contributed by atoms with Gasteiger partial charge in [0.05, 0.1) is 6.10 Å². The maximum absolute atomic E-state index is 12.8. The van der Waals surface area contributed by atoms with Gasteiger partial charge in [-0.05, 0) is 31.4 Å². The standard InChI is InChI=1S/C16H20F3NO2/c1-2-14-10-12(8-9-22-14)15(21)20(11-16(17,18)19)13-6-4-3-5-7-13/h3-7,12,14H,2,8-11H2,1H3/t12-,14-/m1/s1. The summed E-state index contributed by atoms with van der Waals surface area (Å²) in [6.07, 6.45) is -2.77. The molecule has 1 aromatic rings. The zero-order valence-electron chi connectivity index (χ0n) is 12.5. The number of para-hydroxylation sites is 1. The summed E-state index contributed by atoms with van der Waals surface area (Å²) < 4.78 is 44.0. The van der Waals surface area contributed by atoms with Crippen molar-refractivity contribution in [2.45, 2.75) is 38.5 Å². The average Bonchev–Trinajstić information content (AvgIpc) is 2.52. The smallest absolute Gasteiger partial charge is 0.378 e. The van der Waals surface area contributed by atoms with Crippen molar-refractivity contribution in [3.8, 4) is 0 Å². The van der Waals surface area contributed by atoms with Crippen molar-refractivity contribution in [1.29, 1.82) is 0 Å². The summed E-state index contributed by atoms with van der Waals surface area (Å²) in [5.41, 5.74) is 0.282. The Labute approximate surface area is 128 Å². The van der Waals surface area contributed by atoms with Crippen LogP contribution in [0.3, 0.4) is 0 Å². The molecule has 2 rings (SSSR count). The molecule has 0 radical (unpaired) electrons. The van der Waals surface area contributed by atoms with E-state index in [0.29, 0.717) is 19.4 Å². The first-order chi connectivity index (χ1) is 10.4. The molecule has 0 saturated carbocycles. The second-order valence-electron chi connectivity index (χ2n) is 5.50. The molecule has 1 amide bonds. The Bertz CT molecular complexity index is 490. The summed E-state index contributed by atoms with van der Waals surface area (Å²) in [6.45, 7) is 1.11. The number of hydrogen-bond acceptors (Lipinski definition) is 2. The van der Waals surface area contributed by atoms with Gasteiger partial charge in [0.15, 0.2) is 0 Å². The van der Waals surface area contributed by atoms with Crippen LogP contribution in [-0.4, -0.2) is 31.3 Å². The second kappa shape index (κ2) is 7.13.